The second kappa shape index (κ2) is 8.67. The SMILES string of the molecule is CC(=NCC(=O)c1ccccc1)C(C)=NCC(=O)c1ccccc1. The lowest BCUT2D eigenvalue weighted by Gasteiger charge is -2.02. The van der Waals surface area contributed by atoms with Crippen LogP contribution in [0.5, 0.6) is 0 Å². The van der Waals surface area contributed by atoms with Crippen LogP contribution in [0.3, 0.4) is 0 Å². The summed E-state index contributed by atoms with van der Waals surface area (Å²) in [7, 11) is 0. The van der Waals surface area contributed by atoms with Crippen molar-refractivity contribution in [3.05, 3.63) is 71.8 Å². The summed E-state index contributed by atoms with van der Waals surface area (Å²) < 4.78 is 0. The molecule has 0 saturated heterocycles. The fourth-order valence-electron chi connectivity index (χ4n) is 2.04. The molecule has 0 saturated carbocycles. The Morgan fingerprint density at radius 2 is 1.00 bits per heavy atom. The number of hydrogen-bond donors (Lipinski definition) is 0. The molecule has 2 aromatic rings. The van der Waals surface area contributed by atoms with Crippen LogP contribution < -0.4 is 0 Å². The van der Waals surface area contributed by atoms with Crippen LogP contribution in [0.25, 0.3) is 0 Å². The van der Waals surface area contributed by atoms with Crippen molar-refractivity contribution in [1.29, 1.82) is 0 Å². The number of carbonyl (C=O) groups is 2. The van der Waals surface area contributed by atoms with Gasteiger partial charge in [-0.25, -0.2) is 0 Å². The van der Waals surface area contributed by atoms with E-state index in [1.807, 2.05) is 36.4 Å². The zero-order chi connectivity index (χ0) is 17.4. The number of aliphatic imine (C=N–C) groups is 2. The average molecular weight is 320 g/mol. The molecule has 0 N–H and O–H groups in total. The summed E-state index contributed by atoms with van der Waals surface area (Å²) in [5, 5.41) is 0. The van der Waals surface area contributed by atoms with Crippen LogP contribution >= 0.6 is 0 Å². The van der Waals surface area contributed by atoms with Crippen molar-refractivity contribution in [3.63, 3.8) is 0 Å². The van der Waals surface area contributed by atoms with Crippen LogP contribution in [0.2, 0.25) is 0 Å². The quantitative estimate of drug-likeness (QED) is 0.577. The van der Waals surface area contributed by atoms with Crippen molar-refractivity contribution in [1.82, 2.24) is 0 Å². The number of benzene rings is 2. The minimum atomic E-state index is -0.0388. The van der Waals surface area contributed by atoms with Gasteiger partial charge in [0.05, 0.1) is 11.4 Å². The lowest BCUT2D eigenvalue weighted by atomic mass is 10.1. The molecule has 0 aliphatic carbocycles. The Labute approximate surface area is 142 Å². The van der Waals surface area contributed by atoms with Gasteiger partial charge in [-0.2, -0.15) is 0 Å². The summed E-state index contributed by atoms with van der Waals surface area (Å²) >= 11 is 0. The predicted octanol–water partition coefficient (Wildman–Crippen LogP) is 3.67. The third kappa shape index (κ3) is 5.09. The van der Waals surface area contributed by atoms with Crippen molar-refractivity contribution < 1.29 is 9.59 Å². The van der Waals surface area contributed by atoms with Gasteiger partial charge in [-0.1, -0.05) is 60.7 Å². The van der Waals surface area contributed by atoms with Crippen LogP contribution in [0.15, 0.2) is 70.6 Å². The summed E-state index contributed by atoms with van der Waals surface area (Å²) in [5.74, 6) is -0.0776. The zero-order valence-electron chi connectivity index (χ0n) is 13.9. The zero-order valence-corrected chi connectivity index (χ0v) is 13.9. The highest BCUT2D eigenvalue weighted by Gasteiger charge is 2.06. The molecule has 0 heterocycles. The minimum Gasteiger partial charge on any atom is -0.292 e. The van der Waals surface area contributed by atoms with Gasteiger partial charge in [0, 0.05) is 11.1 Å². The van der Waals surface area contributed by atoms with Crippen LogP contribution in [0.4, 0.5) is 0 Å². The molecule has 0 aliphatic heterocycles. The summed E-state index contributed by atoms with van der Waals surface area (Å²) in [6.45, 7) is 3.75. The van der Waals surface area contributed by atoms with E-state index in [0.717, 1.165) is 0 Å². The van der Waals surface area contributed by atoms with Crippen molar-refractivity contribution in [2.45, 2.75) is 13.8 Å². The Kier molecular flexibility index (Phi) is 6.32. The standard InChI is InChI=1S/C20H20N2O2/c1-15(21-13-19(23)17-9-5-3-6-10-17)16(2)22-14-20(24)18-11-7-4-8-12-18/h3-12H,13-14H2,1-2H3. The van der Waals surface area contributed by atoms with Gasteiger partial charge in [0.15, 0.2) is 11.6 Å². The molecule has 24 heavy (non-hydrogen) atoms. The maximum Gasteiger partial charge on any atom is 0.184 e. The molecular weight excluding hydrogens is 300 g/mol. The number of hydrogen-bond acceptors (Lipinski definition) is 4. The monoisotopic (exact) mass is 320 g/mol. The minimum absolute atomic E-state index is 0.0388. The highest BCUT2D eigenvalue weighted by molar-refractivity contribution is 6.41. The molecule has 122 valence electrons. The maximum atomic E-state index is 12.0. The molecule has 0 radical (unpaired) electrons. The van der Waals surface area contributed by atoms with Gasteiger partial charge in [0.25, 0.3) is 0 Å². The number of rotatable bonds is 7. The average Bonchev–Trinajstić information content (AvgIpc) is 2.64. The maximum absolute atomic E-state index is 12.0. The molecule has 0 unspecified atom stereocenters. The molecule has 0 fully saturated rings. The summed E-state index contributed by atoms with van der Waals surface area (Å²) in [6.07, 6.45) is 0. The van der Waals surface area contributed by atoms with Crippen molar-refractivity contribution in [2.24, 2.45) is 9.98 Å². The van der Waals surface area contributed by atoms with E-state index >= 15 is 0 Å². The highest BCUT2D eigenvalue weighted by atomic mass is 16.1. The fraction of sp³-hybridized carbons (Fsp3) is 0.200. The Hall–Kier alpha value is -2.88. The van der Waals surface area contributed by atoms with E-state index in [1.54, 1.807) is 38.1 Å². The lowest BCUT2D eigenvalue weighted by Crippen LogP contribution is -2.13. The van der Waals surface area contributed by atoms with E-state index < -0.39 is 0 Å². The molecule has 4 heteroatoms. The molecule has 0 bridgehead atoms. The van der Waals surface area contributed by atoms with Crippen molar-refractivity contribution in [3.8, 4) is 0 Å². The molecule has 2 rings (SSSR count). The molecule has 0 amide bonds. The normalized spacial score (nSPS) is 12.1. The van der Waals surface area contributed by atoms with Gasteiger partial charge >= 0.3 is 0 Å². The Bertz CT molecular complexity index is 695. The Balaban J connectivity index is 1.94. The van der Waals surface area contributed by atoms with E-state index in [0.29, 0.717) is 22.6 Å². The second-order valence-corrected chi connectivity index (χ2v) is 5.38. The lowest BCUT2D eigenvalue weighted by molar-refractivity contribution is 0.0994. The van der Waals surface area contributed by atoms with E-state index in [-0.39, 0.29) is 24.7 Å². The first-order valence-electron chi connectivity index (χ1n) is 7.77. The van der Waals surface area contributed by atoms with Gasteiger partial charge in [-0.3, -0.25) is 19.6 Å². The number of carbonyl (C=O) groups excluding carboxylic acids is 2. The number of nitrogens with zero attached hydrogens (tertiary/aromatic N) is 2. The largest absolute Gasteiger partial charge is 0.292 e. The smallest absolute Gasteiger partial charge is 0.184 e. The molecule has 2 aromatic carbocycles. The number of ketones is 2. The second-order valence-electron chi connectivity index (χ2n) is 5.38. The predicted molar refractivity (Wildman–Crippen MR) is 97.5 cm³/mol. The molecule has 0 aromatic heterocycles. The third-order valence-electron chi connectivity index (χ3n) is 3.63. The van der Waals surface area contributed by atoms with Crippen molar-refractivity contribution in [2.75, 3.05) is 13.1 Å². The van der Waals surface area contributed by atoms with Gasteiger partial charge in [0.1, 0.15) is 13.1 Å². The molecule has 0 aliphatic rings. The molecular formula is C20H20N2O2. The Morgan fingerprint density at radius 3 is 1.33 bits per heavy atom. The summed E-state index contributed by atoms with van der Waals surface area (Å²) in [5.41, 5.74) is 2.62. The first-order chi connectivity index (χ1) is 11.6. The van der Waals surface area contributed by atoms with Crippen LogP contribution in [0.1, 0.15) is 34.6 Å². The molecule has 4 nitrogen and oxygen atoms in total. The van der Waals surface area contributed by atoms with Crippen LogP contribution in [0, 0.1) is 0 Å². The fourth-order valence-corrected chi connectivity index (χ4v) is 2.04. The van der Waals surface area contributed by atoms with Gasteiger partial charge in [-0.05, 0) is 13.8 Å². The third-order valence-corrected chi connectivity index (χ3v) is 3.63. The highest BCUT2D eigenvalue weighted by Crippen LogP contribution is 2.02. The first kappa shape index (κ1) is 17.5. The van der Waals surface area contributed by atoms with E-state index in [9.17, 15) is 9.59 Å². The van der Waals surface area contributed by atoms with Gasteiger partial charge < -0.3 is 0 Å². The number of Topliss-reactive ketones (excluding diaryl/α,β-unsaturated/α-hetero) is 2. The Morgan fingerprint density at radius 1 is 0.667 bits per heavy atom. The summed E-state index contributed by atoms with van der Waals surface area (Å²) in [6, 6.07) is 18.1. The summed E-state index contributed by atoms with van der Waals surface area (Å²) in [4.78, 5) is 32.6. The van der Waals surface area contributed by atoms with Gasteiger partial charge in [-0.15, -0.1) is 0 Å². The van der Waals surface area contributed by atoms with E-state index in [2.05, 4.69) is 9.98 Å². The van der Waals surface area contributed by atoms with Crippen LogP contribution in [-0.2, 0) is 0 Å². The molecule has 0 spiro atoms. The molecule has 0 atom stereocenters. The van der Waals surface area contributed by atoms with Gasteiger partial charge in [0.2, 0.25) is 0 Å². The topological polar surface area (TPSA) is 58.9 Å². The van der Waals surface area contributed by atoms with E-state index in [4.69, 9.17) is 0 Å². The van der Waals surface area contributed by atoms with E-state index in [1.165, 1.54) is 0 Å². The van der Waals surface area contributed by atoms with Crippen LogP contribution in [-0.4, -0.2) is 36.1 Å². The first-order valence-corrected chi connectivity index (χ1v) is 7.77. The van der Waals surface area contributed by atoms with Crippen molar-refractivity contribution >= 4 is 23.0 Å².